The van der Waals surface area contributed by atoms with Gasteiger partial charge in [0.15, 0.2) is 0 Å². The van der Waals surface area contributed by atoms with Crippen LogP contribution in [0.3, 0.4) is 0 Å². The molecule has 0 saturated carbocycles. The largest absolute Gasteiger partial charge is 0.465 e. The highest BCUT2D eigenvalue weighted by atomic mass is 16.3. The molecule has 0 aromatic carbocycles. The van der Waals surface area contributed by atoms with Gasteiger partial charge in [-0.05, 0) is 30.9 Å². The number of fused-ring (bicyclic) bond motifs is 1. The van der Waals surface area contributed by atoms with Gasteiger partial charge < -0.3 is 10.2 Å². The minimum atomic E-state index is 0.464. The Kier molecular flexibility index (Phi) is 2.64. The third-order valence-electron chi connectivity index (χ3n) is 3.08. The van der Waals surface area contributed by atoms with Crippen molar-refractivity contribution >= 4 is 0 Å². The van der Waals surface area contributed by atoms with E-state index in [1.54, 1.807) is 0 Å². The topological polar surface area (TPSA) is 39.2 Å². The van der Waals surface area contributed by atoms with Crippen molar-refractivity contribution in [3.63, 3.8) is 0 Å². The second kappa shape index (κ2) is 3.77. The van der Waals surface area contributed by atoms with Gasteiger partial charge in [-0.15, -0.1) is 0 Å². The minimum absolute atomic E-state index is 0.464. The highest BCUT2D eigenvalue weighted by Gasteiger charge is 2.24. The van der Waals surface area contributed by atoms with Gasteiger partial charge in [0.2, 0.25) is 0 Å². The van der Waals surface area contributed by atoms with Gasteiger partial charge in [0, 0.05) is 18.4 Å². The van der Waals surface area contributed by atoms with Crippen LogP contribution in [0.5, 0.6) is 0 Å². The molecule has 1 heterocycles. The summed E-state index contributed by atoms with van der Waals surface area (Å²) in [6, 6.07) is 2.22. The van der Waals surface area contributed by atoms with Crippen molar-refractivity contribution in [3.05, 3.63) is 23.2 Å². The fourth-order valence-electron chi connectivity index (χ4n) is 2.19. The van der Waals surface area contributed by atoms with Crippen LogP contribution in [0, 0.1) is 0 Å². The number of aryl methyl sites for hydroxylation is 1. The third-order valence-corrected chi connectivity index (χ3v) is 3.08. The van der Waals surface area contributed by atoms with Crippen molar-refractivity contribution in [2.24, 2.45) is 5.73 Å². The number of hydrogen-bond donors (Lipinski definition) is 1. The van der Waals surface area contributed by atoms with Gasteiger partial charge in [0.1, 0.15) is 11.5 Å². The van der Waals surface area contributed by atoms with Gasteiger partial charge in [-0.2, -0.15) is 0 Å². The van der Waals surface area contributed by atoms with Gasteiger partial charge in [-0.3, -0.25) is 0 Å². The molecular formula is C12H19NO. The summed E-state index contributed by atoms with van der Waals surface area (Å²) >= 11 is 0. The summed E-state index contributed by atoms with van der Waals surface area (Å²) in [7, 11) is 0. The Morgan fingerprint density at radius 2 is 2.36 bits per heavy atom. The molecule has 2 nitrogen and oxygen atoms in total. The van der Waals surface area contributed by atoms with Gasteiger partial charge in [-0.1, -0.05) is 13.8 Å². The zero-order valence-corrected chi connectivity index (χ0v) is 9.05. The van der Waals surface area contributed by atoms with Crippen molar-refractivity contribution in [3.8, 4) is 0 Å². The molecule has 2 heteroatoms. The summed E-state index contributed by atoms with van der Waals surface area (Å²) in [4.78, 5) is 0. The van der Waals surface area contributed by atoms with Crippen molar-refractivity contribution in [2.75, 3.05) is 6.54 Å². The first-order valence-corrected chi connectivity index (χ1v) is 5.55. The second-order valence-corrected chi connectivity index (χ2v) is 4.52. The monoisotopic (exact) mass is 193 g/mol. The van der Waals surface area contributed by atoms with Gasteiger partial charge in [0.25, 0.3) is 0 Å². The van der Waals surface area contributed by atoms with E-state index in [4.69, 9.17) is 10.2 Å². The van der Waals surface area contributed by atoms with Crippen LogP contribution in [0.15, 0.2) is 10.5 Å². The molecule has 78 valence electrons. The molecule has 2 rings (SSSR count). The Morgan fingerprint density at radius 1 is 1.57 bits per heavy atom. The average molecular weight is 193 g/mol. The lowest BCUT2D eigenvalue weighted by molar-refractivity contribution is 0.390. The maximum Gasteiger partial charge on any atom is 0.111 e. The van der Waals surface area contributed by atoms with Crippen LogP contribution in [0.4, 0.5) is 0 Å². The first-order chi connectivity index (χ1) is 6.72. The lowest BCUT2D eigenvalue weighted by atomic mass is 9.88. The van der Waals surface area contributed by atoms with Crippen molar-refractivity contribution < 1.29 is 4.42 Å². The van der Waals surface area contributed by atoms with Crippen LogP contribution in [0.25, 0.3) is 0 Å². The zero-order chi connectivity index (χ0) is 10.1. The summed E-state index contributed by atoms with van der Waals surface area (Å²) in [6.07, 6.45) is 3.61. The molecule has 0 saturated heterocycles. The molecule has 0 bridgehead atoms. The predicted molar refractivity (Wildman–Crippen MR) is 57.5 cm³/mol. The molecule has 0 radical (unpaired) electrons. The highest BCUT2D eigenvalue weighted by Crippen LogP contribution is 2.35. The van der Waals surface area contributed by atoms with E-state index in [0.717, 1.165) is 12.3 Å². The molecule has 0 amide bonds. The van der Waals surface area contributed by atoms with Crippen LogP contribution < -0.4 is 5.73 Å². The summed E-state index contributed by atoms with van der Waals surface area (Å²) in [5.41, 5.74) is 7.14. The summed E-state index contributed by atoms with van der Waals surface area (Å²) in [5.74, 6) is 3.24. The van der Waals surface area contributed by atoms with E-state index in [9.17, 15) is 0 Å². The fraction of sp³-hybridized carbons (Fsp3) is 0.667. The van der Waals surface area contributed by atoms with Crippen LogP contribution >= 0.6 is 0 Å². The molecule has 1 unspecified atom stereocenters. The second-order valence-electron chi connectivity index (χ2n) is 4.52. The maximum absolute atomic E-state index is 5.89. The summed E-state index contributed by atoms with van der Waals surface area (Å²) < 4.78 is 5.89. The first-order valence-electron chi connectivity index (χ1n) is 5.55. The Hall–Kier alpha value is -0.760. The van der Waals surface area contributed by atoms with E-state index in [1.807, 2.05) is 0 Å². The predicted octanol–water partition coefficient (Wildman–Crippen LogP) is 2.78. The van der Waals surface area contributed by atoms with Crippen molar-refractivity contribution in [1.29, 1.82) is 0 Å². The molecule has 2 N–H and O–H groups in total. The van der Waals surface area contributed by atoms with Crippen LogP contribution in [0.1, 0.15) is 55.6 Å². The molecule has 1 atom stereocenters. The molecule has 0 spiro atoms. The smallest absolute Gasteiger partial charge is 0.111 e. The van der Waals surface area contributed by atoms with E-state index in [0.29, 0.717) is 11.8 Å². The Bertz CT molecular complexity index is 314. The van der Waals surface area contributed by atoms with E-state index >= 15 is 0 Å². The molecule has 0 fully saturated rings. The molecule has 1 aromatic heterocycles. The van der Waals surface area contributed by atoms with Gasteiger partial charge >= 0.3 is 0 Å². The molecule has 1 aromatic rings. The molecule has 0 aliphatic heterocycles. The van der Waals surface area contributed by atoms with E-state index in [-0.39, 0.29) is 0 Å². The third kappa shape index (κ3) is 1.59. The zero-order valence-electron chi connectivity index (χ0n) is 9.05. The van der Waals surface area contributed by atoms with Crippen LogP contribution in [-0.4, -0.2) is 6.54 Å². The Morgan fingerprint density at radius 3 is 3.00 bits per heavy atom. The van der Waals surface area contributed by atoms with Crippen LogP contribution in [0.2, 0.25) is 0 Å². The lowest BCUT2D eigenvalue weighted by Crippen LogP contribution is -2.16. The maximum atomic E-state index is 5.89. The number of furan rings is 1. The minimum Gasteiger partial charge on any atom is -0.465 e. The number of rotatable bonds is 2. The Balaban J connectivity index is 2.33. The molecule has 14 heavy (non-hydrogen) atoms. The van der Waals surface area contributed by atoms with E-state index in [1.165, 1.54) is 30.6 Å². The summed E-state index contributed by atoms with van der Waals surface area (Å²) in [6.45, 7) is 5.06. The SMILES string of the molecule is CC(C)c1cc2c(o1)C(CN)CCC2. The molecular weight excluding hydrogens is 174 g/mol. The lowest BCUT2D eigenvalue weighted by Gasteiger charge is -2.18. The van der Waals surface area contributed by atoms with Crippen molar-refractivity contribution in [1.82, 2.24) is 0 Å². The van der Waals surface area contributed by atoms with E-state index < -0.39 is 0 Å². The molecule has 1 aliphatic rings. The van der Waals surface area contributed by atoms with Gasteiger partial charge in [0.05, 0.1) is 0 Å². The summed E-state index contributed by atoms with van der Waals surface area (Å²) in [5, 5.41) is 0. The number of hydrogen-bond acceptors (Lipinski definition) is 2. The average Bonchev–Trinajstić information content (AvgIpc) is 2.60. The quantitative estimate of drug-likeness (QED) is 0.784. The van der Waals surface area contributed by atoms with Gasteiger partial charge in [-0.25, -0.2) is 0 Å². The van der Waals surface area contributed by atoms with Crippen molar-refractivity contribution in [2.45, 2.75) is 44.9 Å². The molecule has 1 aliphatic carbocycles. The van der Waals surface area contributed by atoms with E-state index in [2.05, 4.69) is 19.9 Å². The fourth-order valence-corrected chi connectivity index (χ4v) is 2.19. The first kappa shape index (κ1) is 9.78. The normalized spacial score (nSPS) is 21.3. The van der Waals surface area contributed by atoms with Crippen LogP contribution in [-0.2, 0) is 6.42 Å². The number of nitrogens with two attached hydrogens (primary N) is 1. The highest BCUT2D eigenvalue weighted by molar-refractivity contribution is 5.28. The Labute approximate surface area is 85.5 Å². The standard InChI is InChI=1S/C12H19NO/c1-8(2)11-6-9-4-3-5-10(7-13)12(9)14-11/h6,8,10H,3-5,7,13H2,1-2H3.